The average molecular weight is 495 g/mol. The first-order valence-corrected chi connectivity index (χ1v) is 12.9. The molecule has 0 aromatic heterocycles. The predicted molar refractivity (Wildman–Crippen MR) is 143 cm³/mol. The van der Waals surface area contributed by atoms with Gasteiger partial charge in [0, 0.05) is 0 Å². The molecule has 6 rings (SSSR count). The minimum absolute atomic E-state index is 0.394. The van der Waals surface area contributed by atoms with Crippen LogP contribution < -0.4 is 10.6 Å². The molecule has 2 atom stereocenters. The number of amides is 2. The third kappa shape index (κ3) is 4.59. The first-order valence-electron chi connectivity index (χ1n) is 12.9. The van der Waals surface area contributed by atoms with E-state index in [9.17, 15) is 19.8 Å². The smallest absolute Gasteiger partial charge is 0.230 e. The molecule has 0 bridgehead atoms. The average Bonchev–Trinajstić information content (AvgIpc) is 3.84. The van der Waals surface area contributed by atoms with Crippen LogP contribution in [0.25, 0.3) is 21.5 Å². The molecule has 4 N–H and O–H groups in total. The standard InChI is InChI=1S/C31H30N2O4/c34-26(32-28(30(36)15-16-30)24-13-5-9-20-7-1-3-11-22(20)24)19-27(35)33-29(31(37)17-18-31)25-14-6-10-21-8-2-4-12-23(21)25/h1-14,28-29,36-37H,15-19H2,(H,32,34)(H,33,35)/t28-,29-/m0/s1. The lowest BCUT2D eigenvalue weighted by molar-refractivity contribution is -0.131. The second-order valence-electron chi connectivity index (χ2n) is 10.5. The minimum atomic E-state index is -1.02. The molecule has 6 heteroatoms. The Morgan fingerprint density at radius 3 is 1.41 bits per heavy atom. The van der Waals surface area contributed by atoms with Gasteiger partial charge in [0.2, 0.25) is 11.8 Å². The molecule has 2 aliphatic rings. The molecular formula is C31H30N2O4. The molecule has 4 aromatic rings. The van der Waals surface area contributed by atoms with Crippen molar-refractivity contribution in [2.75, 3.05) is 0 Å². The van der Waals surface area contributed by atoms with Crippen LogP contribution in [0.3, 0.4) is 0 Å². The van der Waals surface area contributed by atoms with E-state index in [0.717, 1.165) is 32.7 Å². The summed E-state index contributed by atoms with van der Waals surface area (Å²) < 4.78 is 0. The molecule has 0 radical (unpaired) electrons. The zero-order valence-corrected chi connectivity index (χ0v) is 20.5. The highest BCUT2D eigenvalue weighted by Gasteiger charge is 2.51. The van der Waals surface area contributed by atoms with E-state index in [1.807, 2.05) is 84.9 Å². The Labute approximate surface area is 215 Å². The molecule has 0 heterocycles. The molecule has 2 saturated carbocycles. The van der Waals surface area contributed by atoms with E-state index in [1.165, 1.54) is 0 Å². The largest absolute Gasteiger partial charge is 0.387 e. The molecule has 0 unspecified atom stereocenters. The quantitative estimate of drug-likeness (QED) is 0.272. The van der Waals surface area contributed by atoms with Crippen LogP contribution in [0.2, 0.25) is 0 Å². The first kappa shape index (κ1) is 23.6. The van der Waals surface area contributed by atoms with Crippen molar-refractivity contribution in [2.45, 2.75) is 55.4 Å². The van der Waals surface area contributed by atoms with E-state index >= 15 is 0 Å². The van der Waals surface area contributed by atoms with Crippen LogP contribution in [0.15, 0.2) is 84.9 Å². The highest BCUT2D eigenvalue weighted by molar-refractivity contribution is 5.98. The molecule has 0 aliphatic heterocycles. The van der Waals surface area contributed by atoms with Gasteiger partial charge >= 0.3 is 0 Å². The molecule has 2 aliphatic carbocycles. The van der Waals surface area contributed by atoms with Gasteiger partial charge in [0.25, 0.3) is 0 Å². The van der Waals surface area contributed by atoms with Gasteiger partial charge < -0.3 is 20.8 Å². The topological polar surface area (TPSA) is 98.7 Å². The SMILES string of the molecule is O=C(CC(=O)N[C@@H](c1cccc2ccccc12)C1(O)CC1)N[C@@H](c1cccc2ccccc12)C1(O)CC1. The summed E-state index contributed by atoms with van der Waals surface area (Å²) in [6, 6.07) is 26.2. The summed E-state index contributed by atoms with van der Waals surface area (Å²) in [5.74, 6) is -0.926. The van der Waals surface area contributed by atoms with Crippen molar-refractivity contribution in [3.63, 3.8) is 0 Å². The van der Waals surface area contributed by atoms with Gasteiger partial charge in [0.15, 0.2) is 0 Å². The van der Waals surface area contributed by atoms with Crippen molar-refractivity contribution in [2.24, 2.45) is 0 Å². The van der Waals surface area contributed by atoms with E-state index < -0.39 is 41.5 Å². The predicted octanol–water partition coefficient (Wildman–Crippen LogP) is 4.45. The number of nitrogens with one attached hydrogen (secondary N) is 2. The number of carbonyl (C=O) groups is 2. The number of rotatable bonds is 8. The molecule has 0 spiro atoms. The minimum Gasteiger partial charge on any atom is -0.387 e. The van der Waals surface area contributed by atoms with Gasteiger partial charge in [0.1, 0.15) is 6.42 Å². The fourth-order valence-electron chi connectivity index (χ4n) is 5.41. The molecule has 2 amide bonds. The maximum atomic E-state index is 13.1. The first-order chi connectivity index (χ1) is 17.9. The highest BCUT2D eigenvalue weighted by atomic mass is 16.3. The number of fused-ring (bicyclic) bond motifs is 2. The van der Waals surface area contributed by atoms with E-state index in [2.05, 4.69) is 10.6 Å². The molecule has 2 fully saturated rings. The Bertz CT molecular complexity index is 1380. The van der Waals surface area contributed by atoms with Crippen LogP contribution in [0.5, 0.6) is 0 Å². The molecule has 0 saturated heterocycles. The maximum Gasteiger partial charge on any atom is 0.230 e. The second-order valence-corrected chi connectivity index (χ2v) is 10.5. The number of carbonyl (C=O) groups excluding carboxylic acids is 2. The fourth-order valence-corrected chi connectivity index (χ4v) is 5.41. The van der Waals surface area contributed by atoms with Gasteiger partial charge in [-0.25, -0.2) is 0 Å². The molecule has 37 heavy (non-hydrogen) atoms. The van der Waals surface area contributed by atoms with Crippen LogP contribution in [0.1, 0.15) is 55.3 Å². The summed E-state index contributed by atoms with van der Waals surface area (Å²) in [6.07, 6.45) is 1.95. The van der Waals surface area contributed by atoms with Crippen LogP contribution in [0, 0.1) is 0 Å². The molecule has 4 aromatic carbocycles. The Kier molecular flexibility index (Phi) is 5.74. The van der Waals surface area contributed by atoms with E-state index in [1.54, 1.807) is 0 Å². The van der Waals surface area contributed by atoms with Gasteiger partial charge in [0.05, 0.1) is 23.3 Å². The number of benzene rings is 4. The summed E-state index contributed by atoms with van der Waals surface area (Å²) in [7, 11) is 0. The monoisotopic (exact) mass is 494 g/mol. The molecule has 6 nitrogen and oxygen atoms in total. The fraction of sp³-hybridized carbons (Fsp3) is 0.290. The van der Waals surface area contributed by atoms with Crippen molar-refractivity contribution in [1.29, 1.82) is 0 Å². The van der Waals surface area contributed by atoms with Crippen molar-refractivity contribution in [3.05, 3.63) is 96.1 Å². The summed E-state index contributed by atoms with van der Waals surface area (Å²) >= 11 is 0. The summed E-state index contributed by atoms with van der Waals surface area (Å²) in [6.45, 7) is 0. The highest BCUT2D eigenvalue weighted by Crippen LogP contribution is 2.48. The Morgan fingerprint density at radius 2 is 1.00 bits per heavy atom. The van der Waals surface area contributed by atoms with Crippen molar-refractivity contribution < 1.29 is 19.8 Å². The summed E-state index contributed by atoms with van der Waals surface area (Å²) in [5, 5.41) is 32.0. The Morgan fingerprint density at radius 1 is 0.622 bits per heavy atom. The normalized spacial score (nSPS) is 18.6. The van der Waals surface area contributed by atoms with Crippen molar-refractivity contribution in [3.8, 4) is 0 Å². The van der Waals surface area contributed by atoms with Gasteiger partial charge in [-0.1, -0.05) is 84.9 Å². The summed E-state index contributed by atoms with van der Waals surface area (Å²) in [5.41, 5.74) is -0.365. The van der Waals surface area contributed by atoms with Gasteiger partial charge in [-0.15, -0.1) is 0 Å². The van der Waals surface area contributed by atoms with Crippen LogP contribution in [-0.4, -0.2) is 33.2 Å². The zero-order chi connectivity index (χ0) is 25.6. The van der Waals surface area contributed by atoms with Crippen LogP contribution in [-0.2, 0) is 9.59 Å². The maximum absolute atomic E-state index is 13.1. The Hall–Kier alpha value is -3.74. The van der Waals surface area contributed by atoms with Crippen LogP contribution >= 0.6 is 0 Å². The van der Waals surface area contributed by atoms with E-state index in [-0.39, 0.29) is 0 Å². The zero-order valence-electron chi connectivity index (χ0n) is 20.5. The van der Waals surface area contributed by atoms with Gasteiger partial charge in [-0.05, 0) is 58.4 Å². The van der Waals surface area contributed by atoms with Crippen molar-refractivity contribution in [1.82, 2.24) is 10.6 Å². The molecular weight excluding hydrogens is 464 g/mol. The van der Waals surface area contributed by atoms with E-state index in [4.69, 9.17) is 0 Å². The van der Waals surface area contributed by atoms with E-state index in [0.29, 0.717) is 25.7 Å². The van der Waals surface area contributed by atoms with Crippen LogP contribution in [0.4, 0.5) is 0 Å². The molecule has 188 valence electrons. The lowest BCUT2D eigenvalue weighted by Crippen LogP contribution is -2.42. The second kappa shape index (κ2) is 8.98. The van der Waals surface area contributed by atoms with Gasteiger partial charge in [-0.3, -0.25) is 9.59 Å². The third-order valence-electron chi connectivity index (χ3n) is 7.80. The number of hydrogen-bond donors (Lipinski definition) is 4. The third-order valence-corrected chi connectivity index (χ3v) is 7.80. The summed E-state index contributed by atoms with van der Waals surface area (Å²) in [4.78, 5) is 26.2. The number of aliphatic hydroxyl groups is 2. The lowest BCUT2D eigenvalue weighted by Gasteiger charge is -2.27. The lowest BCUT2D eigenvalue weighted by atomic mass is 9.93. The number of hydrogen-bond acceptors (Lipinski definition) is 4. The van der Waals surface area contributed by atoms with Crippen molar-refractivity contribution >= 4 is 33.4 Å². The van der Waals surface area contributed by atoms with Gasteiger partial charge in [-0.2, -0.15) is 0 Å². The Balaban J connectivity index is 1.22.